The van der Waals surface area contributed by atoms with Crippen molar-refractivity contribution in [2.45, 2.75) is 50.5 Å². The summed E-state index contributed by atoms with van der Waals surface area (Å²) in [6.07, 6.45) is 8.26. The van der Waals surface area contributed by atoms with E-state index in [1.54, 1.807) is 18.5 Å². The van der Waals surface area contributed by atoms with Crippen LogP contribution < -0.4 is 5.32 Å². The van der Waals surface area contributed by atoms with Crippen LogP contribution >= 0.6 is 0 Å². The minimum atomic E-state index is -0.198. The molecule has 1 unspecified atom stereocenters. The van der Waals surface area contributed by atoms with Gasteiger partial charge in [0.15, 0.2) is 0 Å². The highest BCUT2D eigenvalue weighted by Crippen LogP contribution is 2.31. The molecule has 0 spiro atoms. The third kappa shape index (κ3) is 3.14. The normalized spacial score (nSPS) is 26.4. The van der Waals surface area contributed by atoms with Crippen LogP contribution in [-0.4, -0.2) is 23.2 Å². The minimum Gasteiger partial charge on any atom is -0.373 e. The summed E-state index contributed by atoms with van der Waals surface area (Å²) in [5.74, 6) is -0.198. The number of nitrogens with zero attached hydrogens (tertiary/aromatic N) is 1. The van der Waals surface area contributed by atoms with E-state index in [2.05, 4.69) is 10.3 Å². The molecule has 0 aliphatic carbocycles. The molecule has 120 valence electrons. The van der Waals surface area contributed by atoms with Crippen molar-refractivity contribution in [3.05, 3.63) is 54.1 Å². The average Bonchev–Trinajstić information content (AvgIpc) is 2.93. The maximum absolute atomic E-state index is 14.3. The fourth-order valence-corrected chi connectivity index (χ4v) is 3.85. The largest absolute Gasteiger partial charge is 0.373 e. The number of rotatable bonds is 4. The fourth-order valence-electron chi connectivity index (χ4n) is 3.85. The maximum atomic E-state index is 14.3. The number of pyridine rings is 1. The molecule has 2 saturated heterocycles. The van der Waals surface area contributed by atoms with Gasteiger partial charge in [-0.15, -0.1) is 0 Å². The van der Waals surface area contributed by atoms with Gasteiger partial charge in [0.25, 0.3) is 0 Å². The predicted molar refractivity (Wildman–Crippen MR) is 87.4 cm³/mol. The lowest BCUT2D eigenvalue weighted by atomic mass is 10.00. The Morgan fingerprint density at radius 2 is 1.83 bits per heavy atom. The Morgan fingerprint density at radius 1 is 1.09 bits per heavy atom. The second kappa shape index (κ2) is 6.38. The Morgan fingerprint density at radius 3 is 2.57 bits per heavy atom. The Bertz CT molecular complexity index is 664. The summed E-state index contributed by atoms with van der Waals surface area (Å²) in [6, 6.07) is 10.2. The van der Waals surface area contributed by atoms with Crippen molar-refractivity contribution < 1.29 is 9.13 Å². The number of piperidine rings is 1. The zero-order valence-electron chi connectivity index (χ0n) is 13.0. The second-order valence-electron chi connectivity index (χ2n) is 6.54. The second-order valence-corrected chi connectivity index (χ2v) is 6.54. The minimum absolute atomic E-state index is 0.198. The smallest absolute Gasteiger partial charge is 0.129 e. The number of hydrogen-bond donors (Lipinski definition) is 1. The third-order valence-corrected chi connectivity index (χ3v) is 5.00. The highest BCUT2D eigenvalue weighted by molar-refractivity contribution is 5.66. The summed E-state index contributed by atoms with van der Waals surface area (Å²) in [4.78, 5) is 4.03. The first kappa shape index (κ1) is 14.8. The molecule has 0 amide bonds. The lowest BCUT2D eigenvalue weighted by molar-refractivity contribution is 0.00821. The molecule has 2 fully saturated rings. The van der Waals surface area contributed by atoms with Crippen LogP contribution in [-0.2, 0) is 11.3 Å². The number of fused-ring (bicyclic) bond motifs is 2. The number of hydrogen-bond acceptors (Lipinski definition) is 3. The van der Waals surface area contributed by atoms with Crippen molar-refractivity contribution in [2.75, 3.05) is 0 Å². The standard InChI is InChI=1S/C19H21FN2O/c20-19-3-1-2-17(13-6-8-21-9-7-13)18(19)12-23-16-10-14-4-5-15(11-16)22-14/h1-3,6-9,14-16,22H,4-5,10-12H2/t14-,15+,16?. The summed E-state index contributed by atoms with van der Waals surface area (Å²) in [6.45, 7) is 0.328. The Labute approximate surface area is 135 Å². The average molecular weight is 312 g/mol. The topological polar surface area (TPSA) is 34.1 Å². The van der Waals surface area contributed by atoms with Crippen molar-refractivity contribution in [1.82, 2.24) is 10.3 Å². The molecule has 2 bridgehead atoms. The first-order chi connectivity index (χ1) is 11.3. The van der Waals surface area contributed by atoms with E-state index in [9.17, 15) is 4.39 Å². The van der Waals surface area contributed by atoms with Crippen molar-refractivity contribution in [3.8, 4) is 11.1 Å². The lowest BCUT2D eigenvalue weighted by Crippen LogP contribution is -2.41. The molecule has 3 atom stereocenters. The van der Waals surface area contributed by atoms with Crippen LogP contribution in [0.2, 0.25) is 0 Å². The van der Waals surface area contributed by atoms with E-state index in [1.165, 1.54) is 18.9 Å². The molecule has 2 aliphatic heterocycles. The quantitative estimate of drug-likeness (QED) is 0.935. The lowest BCUT2D eigenvalue weighted by Gasteiger charge is -2.29. The zero-order chi connectivity index (χ0) is 15.6. The third-order valence-electron chi connectivity index (χ3n) is 5.00. The number of halogens is 1. The molecule has 1 aromatic heterocycles. The van der Waals surface area contributed by atoms with Crippen LogP contribution in [0, 0.1) is 5.82 Å². The summed E-state index contributed by atoms with van der Waals surface area (Å²) in [7, 11) is 0. The molecule has 1 N–H and O–H groups in total. The maximum Gasteiger partial charge on any atom is 0.129 e. The molecular formula is C19H21FN2O. The predicted octanol–water partition coefficient (Wildman–Crippen LogP) is 3.69. The van der Waals surface area contributed by atoms with E-state index in [0.717, 1.165) is 24.0 Å². The van der Waals surface area contributed by atoms with Gasteiger partial charge in [-0.05, 0) is 55.0 Å². The summed E-state index contributed by atoms with van der Waals surface area (Å²) < 4.78 is 20.4. The Kier molecular flexibility index (Phi) is 4.10. The van der Waals surface area contributed by atoms with Gasteiger partial charge in [-0.2, -0.15) is 0 Å². The molecule has 23 heavy (non-hydrogen) atoms. The summed E-state index contributed by atoms with van der Waals surface area (Å²) in [5, 5.41) is 3.61. The van der Waals surface area contributed by atoms with Crippen LogP contribution in [0.25, 0.3) is 11.1 Å². The van der Waals surface area contributed by atoms with Gasteiger partial charge >= 0.3 is 0 Å². The molecule has 2 aromatic rings. The van der Waals surface area contributed by atoms with Crippen molar-refractivity contribution in [1.29, 1.82) is 0 Å². The molecular weight excluding hydrogens is 291 g/mol. The highest BCUT2D eigenvalue weighted by atomic mass is 19.1. The van der Waals surface area contributed by atoms with Gasteiger partial charge in [-0.25, -0.2) is 4.39 Å². The number of nitrogens with one attached hydrogen (secondary N) is 1. The fraction of sp³-hybridized carbons (Fsp3) is 0.421. The number of ether oxygens (including phenoxy) is 1. The molecule has 4 rings (SSSR count). The Balaban J connectivity index is 1.52. The van der Waals surface area contributed by atoms with Crippen LogP contribution in [0.15, 0.2) is 42.7 Å². The van der Waals surface area contributed by atoms with E-state index in [4.69, 9.17) is 4.74 Å². The van der Waals surface area contributed by atoms with Crippen molar-refractivity contribution in [3.63, 3.8) is 0 Å². The zero-order valence-corrected chi connectivity index (χ0v) is 13.0. The molecule has 2 aliphatic rings. The first-order valence-electron chi connectivity index (χ1n) is 8.35. The number of benzene rings is 1. The highest BCUT2D eigenvalue weighted by Gasteiger charge is 2.34. The summed E-state index contributed by atoms with van der Waals surface area (Å²) >= 11 is 0. The monoisotopic (exact) mass is 312 g/mol. The molecule has 0 radical (unpaired) electrons. The van der Waals surface area contributed by atoms with E-state index in [1.807, 2.05) is 18.2 Å². The van der Waals surface area contributed by atoms with E-state index in [0.29, 0.717) is 24.3 Å². The van der Waals surface area contributed by atoms with Gasteiger partial charge in [-0.1, -0.05) is 12.1 Å². The van der Waals surface area contributed by atoms with E-state index < -0.39 is 0 Å². The van der Waals surface area contributed by atoms with Gasteiger partial charge in [0, 0.05) is 30.0 Å². The van der Waals surface area contributed by atoms with Gasteiger partial charge in [0.05, 0.1) is 12.7 Å². The van der Waals surface area contributed by atoms with Crippen molar-refractivity contribution in [2.24, 2.45) is 0 Å². The van der Waals surface area contributed by atoms with Crippen molar-refractivity contribution >= 4 is 0 Å². The molecule has 4 heteroatoms. The Hall–Kier alpha value is -1.78. The first-order valence-corrected chi connectivity index (χ1v) is 8.35. The molecule has 0 saturated carbocycles. The van der Waals surface area contributed by atoms with Crippen LogP contribution in [0.3, 0.4) is 0 Å². The molecule has 1 aromatic carbocycles. The van der Waals surface area contributed by atoms with E-state index in [-0.39, 0.29) is 11.9 Å². The van der Waals surface area contributed by atoms with Gasteiger partial charge in [-0.3, -0.25) is 4.98 Å². The SMILES string of the molecule is Fc1cccc(-c2ccncc2)c1COC1C[C@H]2CC[C@@H](C1)N2. The number of aromatic nitrogens is 1. The van der Waals surface area contributed by atoms with Crippen LogP contribution in [0.5, 0.6) is 0 Å². The summed E-state index contributed by atoms with van der Waals surface area (Å²) in [5.41, 5.74) is 2.51. The van der Waals surface area contributed by atoms with Crippen LogP contribution in [0.4, 0.5) is 4.39 Å². The van der Waals surface area contributed by atoms with E-state index >= 15 is 0 Å². The van der Waals surface area contributed by atoms with Gasteiger partial charge in [0.2, 0.25) is 0 Å². The molecule has 3 heterocycles. The van der Waals surface area contributed by atoms with Crippen LogP contribution in [0.1, 0.15) is 31.2 Å². The van der Waals surface area contributed by atoms with Gasteiger partial charge < -0.3 is 10.1 Å². The van der Waals surface area contributed by atoms with Gasteiger partial charge in [0.1, 0.15) is 5.82 Å². The molecule has 3 nitrogen and oxygen atoms in total.